The van der Waals surface area contributed by atoms with E-state index in [0.29, 0.717) is 12.5 Å². The molecule has 1 saturated carbocycles. The summed E-state index contributed by atoms with van der Waals surface area (Å²) in [4.78, 5) is 20.3. The predicted molar refractivity (Wildman–Crippen MR) is 119 cm³/mol. The zero-order chi connectivity index (χ0) is 20.7. The largest absolute Gasteiger partial charge is 0.353 e. The minimum absolute atomic E-state index is 0.0139. The van der Waals surface area contributed by atoms with Gasteiger partial charge in [0, 0.05) is 24.4 Å². The van der Waals surface area contributed by atoms with Crippen LogP contribution in [0.15, 0.2) is 91.5 Å². The number of unbranched alkanes of at least 4 members (excludes halogenated alkanes) is 1. The summed E-state index contributed by atoms with van der Waals surface area (Å²) < 4.78 is 0. The number of aromatic nitrogens is 2. The maximum atomic E-state index is 12.3. The van der Waals surface area contributed by atoms with Crippen molar-refractivity contribution in [1.29, 1.82) is 0 Å². The van der Waals surface area contributed by atoms with Crippen LogP contribution in [0.5, 0.6) is 0 Å². The molecule has 1 aromatic heterocycles. The van der Waals surface area contributed by atoms with E-state index in [1.54, 1.807) is 12.4 Å². The Morgan fingerprint density at radius 1 is 0.967 bits per heavy atom. The molecule has 0 radical (unpaired) electrons. The van der Waals surface area contributed by atoms with Crippen LogP contribution in [0.4, 0.5) is 0 Å². The Hall–Kier alpha value is -3.27. The number of nitrogens with zero attached hydrogens (tertiary/aromatic N) is 2. The van der Waals surface area contributed by atoms with Crippen molar-refractivity contribution in [3.63, 3.8) is 0 Å². The van der Waals surface area contributed by atoms with Gasteiger partial charge in [-0.15, -0.1) is 0 Å². The SMILES string of the molecule is O=C(/C=C/[C@@H]1CC1(c1ccccc1)c1ccccc1)NCCCCc1cncnc1. The fourth-order valence-electron chi connectivity index (χ4n) is 4.21. The van der Waals surface area contributed by atoms with Crippen molar-refractivity contribution in [3.05, 3.63) is 108 Å². The van der Waals surface area contributed by atoms with Crippen LogP contribution in [0.3, 0.4) is 0 Å². The second-order valence-electron chi connectivity index (χ2n) is 7.87. The fourth-order valence-corrected chi connectivity index (χ4v) is 4.21. The second-order valence-corrected chi connectivity index (χ2v) is 7.87. The molecule has 1 aliphatic rings. The molecule has 30 heavy (non-hydrogen) atoms. The topological polar surface area (TPSA) is 54.9 Å². The van der Waals surface area contributed by atoms with Crippen LogP contribution >= 0.6 is 0 Å². The van der Waals surface area contributed by atoms with Gasteiger partial charge in [0.2, 0.25) is 5.91 Å². The summed E-state index contributed by atoms with van der Waals surface area (Å²) in [6.07, 6.45) is 12.9. The lowest BCUT2D eigenvalue weighted by Crippen LogP contribution is -2.22. The molecule has 0 bridgehead atoms. The minimum atomic E-state index is -0.0168. The zero-order valence-corrected chi connectivity index (χ0v) is 17.1. The number of allylic oxidation sites excluding steroid dienone is 1. The molecule has 1 heterocycles. The minimum Gasteiger partial charge on any atom is -0.353 e. The molecule has 1 fully saturated rings. The molecule has 4 heteroatoms. The van der Waals surface area contributed by atoms with Gasteiger partial charge in [-0.3, -0.25) is 4.79 Å². The van der Waals surface area contributed by atoms with Gasteiger partial charge < -0.3 is 5.32 Å². The Labute approximate surface area is 178 Å². The van der Waals surface area contributed by atoms with Crippen LogP contribution < -0.4 is 5.32 Å². The van der Waals surface area contributed by atoms with Gasteiger partial charge in [0.1, 0.15) is 6.33 Å². The molecule has 0 aliphatic heterocycles. The first-order valence-corrected chi connectivity index (χ1v) is 10.6. The maximum Gasteiger partial charge on any atom is 0.243 e. The van der Waals surface area contributed by atoms with Gasteiger partial charge >= 0.3 is 0 Å². The molecule has 1 amide bonds. The average molecular weight is 398 g/mol. The highest BCUT2D eigenvalue weighted by atomic mass is 16.1. The lowest BCUT2D eigenvalue weighted by Gasteiger charge is -2.18. The van der Waals surface area contributed by atoms with E-state index in [0.717, 1.165) is 31.2 Å². The van der Waals surface area contributed by atoms with E-state index < -0.39 is 0 Å². The third-order valence-electron chi connectivity index (χ3n) is 5.88. The van der Waals surface area contributed by atoms with Gasteiger partial charge in [-0.25, -0.2) is 9.97 Å². The van der Waals surface area contributed by atoms with E-state index in [1.807, 2.05) is 24.5 Å². The molecular formula is C26H27N3O. The molecular weight excluding hydrogens is 370 g/mol. The third kappa shape index (κ3) is 4.65. The summed E-state index contributed by atoms with van der Waals surface area (Å²) in [5, 5.41) is 3.00. The number of hydrogen-bond donors (Lipinski definition) is 1. The quantitative estimate of drug-likeness (QED) is 0.428. The molecule has 4 rings (SSSR count). The van der Waals surface area contributed by atoms with Crippen LogP contribution in [0.2, 0.25) is 0 Å². The average Bonchev–Trinajstić information content (AvgIpc) is 3.55. The number of carbonyl (C=O) groups excluding carboxylic acids is 1. The molecule has 1 aliphatic carbocycles. The number of rotatable bonds is 9. The van der Waals surface area contributed by atoms with Crippen molar-refractivity contribution < 1.29 is 4.79 Å². The molecule has 0 saturated heterocycles. The van der Waals surface area contributed by atoms with Gasteiger partial charge in [0.15, 0.2) is 0 Å². The van der Waals surface area contributed by atoms with E-state index in [2.05, 4.69) is 69.9 Å². The van der Waals surface area contributed by atoms with Gasteiger partial charge in [-0.1, -0.05) is 66.7 Å². The first-order chi connectivity index (χ1) is 14.8. The Balaban J connectivity index is 1.30. The highest BCUT2D eigenvalue weighted by molar-refractivity contribution is 5.87. The molecule has 0 unspecified atom stereocenters. The number of amides is 1. The molecule has 1 N–H and O–H groups in total. The predicted octanol–water partition coefficient (Wildman–Crippen LogP) is 4.48. The monoisotopic (exact) mass is 397 g/mol. The lowest BCUT2D eigenvalue weighted by molar-refractivity contribution is -0.116. The van der Waals surface area contributed by atoms with Crippen LogP contribution in [0, 0.1) is 5.92 Å². The van der Waals surface area contributed by atoms with Crippen molar-refractivity contribution in [3.8, 4) is 0 Å². The number of hydrogen-bond acceptors (Lipinski definition) is 3. The lowest BCUT2D eigenvalue weighted by atomic mass is 9.85. The third-order valence-corrected chi connectivity index (χ3v) is 5.88. The maximum absolute atomic E-state index is 12.3. The summed E-state index contributed by atoms with van der Waals surface area (Å²) in [6, 6.07) is 21.2. The van der Waals surface area contributed by atoms with Crippen molar-refractivity contribution >= 4 is 5.91 Å². The summed E-state index contributed by atoms with van der Waals surface area (Å²) in [7, 11) is 0. The van der Waals surface area contributed by atoms with Gasteiger partial charge in [0.05, 0.1) is 0 Å². The summed E-state index contributed by atoms with van der Waals surface area (Å²) >= 11 is 0. The van der Waals surface area contributed by atoms with Gasteiger partial charge in [-0.05, 0) is 54.4 Å². The summed E-state index contributed by atoms with van der Waals surface area (Å²) in [6.45, 7) is 0.685. The van der Waals surface area contributed by atoms with Crippen LogP contribution in [-0.2, 0) is 16.6 Å². The highest BCUT2D eigenvalue weighted by Crippen LogP contribution is 2.59. The van der Waals surface area contributed by atoms with E-state index >= 15 is 0 Å². The highest BCUT2D eigenvalue weighted by Gasteiger charge is 2.54. The smallest absolute Gasteiger partial charge is 0.243 e. The summed E-state index contributed by atoms with van der Waals surface area (Å²) in [5.41, 5.74) is 3.75. The number of carbonyl (C=O) groups is 1. The Kier molecular flexibility index (Phi) is 6.33. The standard InChI is InChI=1S/C26H27N3O/c30-25(29-16-8-7-9-21-18-27-20-28-19-21)15-14-24-17-26(24,22-10-3-1-4-11-22)23-12-5-2-6-13-23/h1-6,10-15,18-20,24H,7-9,16-17H2,(H,29,30)/b15-14+/t24-/m1/s1. The van der Waals surface area contributed by atoms with Gasteiger partial charge in [-0.2, -0.15) is 0 Å². The van der Waals surface area contributed by atoms with Crippen molar-refractivity contribution in [1.82, 2.24) is 15.3 Å². The van der Waals surface area contributed by atoms with E-state index in [1.165, 1.54) is 11.1 Å². The van der Waals surface area contributed by atoms with Crippen LogP contribution in [0.1, 0.15) is 36.0 Å². The van der Waals surface area contributed by atoms with Crippen molar-refractivity contribution in [2.45, 2.75) is 31.1 Å². The first-order valence-electron chi connectivity index (χ1n) is 10.6. The van der Waals surface area contributed by atoms with E-state index in [-0.39, 0.29) is 11.3 Å². The van der Waals surface area contributed by atoms with E-state index in [9.17, 15) is 4.79 Å². The molecule has 152 valence electrons. The van der Waals surface area contributed by atoms with Gasteiger partial charge in [0.25, 0.3) is 0 Å². The Bertz CT molecular complexity index is 931. The van der Waals surface area contributed by atoms with E-state index in [4.69, 9.17) is 0 Å². The normalized spacial score (nSPS) is 17.0. The number of benzene rings is 2. The Morgan fingerprint density at radius 3 is 2.23 bits per heavy atom. The number of nitrogens with one attached hydrogen (secondary N) is 1. The number of aryl methyl sites for hydroxylation is 1. The molecule has 4 nitrogen and oxygen atoms in total. The summed E-state index contributed by atoms with van der Waals surface area (Å²) in [5.74, 6) is 0.325. The molecule has 3 aromatic rings. The molecule has 0 spiro atoms. The van der Waals surface area contributed by atoms with Crippen LogP contribution in [0.25, 0.3) is 0 Å². The van der Waals surface area contributed by atoms with Crippen molar-refractivity contribution in [2.75, 3.05) is 6.54 Å². The van der Waals surface area contributed by atoms with Crippen LogP contribution in [-0.4, -0.2) is 22.4 Å². The fraction of sp³-hybridized carbons (Fsp3) is 0.269. The van der Waals surface area contributed by atoms with Crippen molar-refractivity contribution in [2.24, 2.45) is 5.92 Å². The Morgan fingerprint density at radius 2 is 1.60 bits per heavy atom. The first kappa shape index (κ1) is 20.0. The zero-order valence-electron chi connectivity index (χ0n) is 17.1. The second kappa shape index (κ2) is 9.49. The molecule has 1 atom stereocenters. The molecule has 2 aromatic carbocycles.